The minimum Gasteiger partial charge on any atom is -0.309 e. The molecule has 6 heteroatoms. The van der Waals surface area contributed by atoms with Crippen LogP contribution >= 0.6 is 0 Å². The number of aryl methyl sites for hydroxylation is 1. The lowest BCUT2D eigenvalue weighted by atomic mass is 10.1. The van der Waals surface area contributed by atoms with Gasteiger partial charge in [0.05, 0.1) is 5.69 Å². The summed E-state index contributed by atoms with van der Waals surface area (Å²) in [6.07, 6.45) is -2.35. The van der Waals surface area contributed by atoms with Gasteiger partial charge >= 0.3 is 6.18 Å². The third kappa shape index (κ3) is 5.72. The highest BCUT2D eigenvalue weighted by Gasteiger charge is 2.26. The molecule has 0 radical (unpaired) electrons. The van der Waals surface area contributed by atoms with Gasteiger partial charge in [-0.25, -0.2) is 0 Å². The second kappa shape index (κ2) is 6.05. The normalized spacial score (nSPS) is 13.9. The third-order valence-electron chi connectivity index (χ3n) is 2.65. The molecule has 1 unspecified atom stereocenters. The van der Waals surface area contributed by atoms with Crippen molar-refractivity contribution in [3.8, 4) is 0 Å². The number of alkyl halides is 3. The van der Waals surface area contributed by atoms with E-state index in [1.807, 2.05) is 20.0 Å². The summed E-state index contributed by atoms with van der Waals surface area (Å²) in [5.74, 6) is 0. The van der Waals surface area contributed by atoms with E-state index in [0.29, 0.717) is 13.0 Å². The number of rotatable bonds is 6. The Labute approximate surface area is 99.0 Å². The zero-order chi connectivity index (χ0) is 12.9. The van der Waals surface area contributed by atoms with Crippen molar-refractivity contribution in [1.82, 2.24) is 15.1 Å². The van der Waals surface area contributed by atoms with Crippen LogP contribution in [0.1, 0.15) is 31.9 Å². The van der Waals surface area contributed by atoms with Gasteiger partial charge in [-0.3, -0.25) is 4.68 Å². The molecule has 1 heterocycles. The molecule has 0 saturated heterocycles. The SMILES string of the molecule is CC(CCCC(F)(F)F)NCc1ccnn1C. The summed E-state index contributed by atoms with van der Waals surface area (Å²) in [5, 5.41) is 7.20. The van der Waals surface area contributed by atoms with Gasteiger partial charge in [0, 0.05) is 32.3 Å². The summed E-state index contributed by atoms with van der Waals surface area (Å²) in [6, 6.07) is 1.96. The summed E-state index contributed by atoms with van der Waals surface area (Å²) < 4.78 is 37.6. The zero-order valence-electron chi connectivity index (χ0n) is 10.1. The molecule has 0 fully saturated rings. The van der Waals surface area contributed by atoms with Gasteiger partial charge in [0.1, 0.15) is 0 Å². The largest absolute Gasteiger partial charge is 0.389 e. The fourth-order valence-corrected chi connectivity index (χ4v) is 1.56. The molecule has 1 aromatic rings. The second-order valence-corrected chi connectivity index (χ2v) is 4.24. The minimum atomic E-state index is -4.04. The van der Waals surface area contributed by atoms with Crippen molar-refractivity contribution in [2.45, 2.75) is 44.9 Å². The molecule has 1 N–H and O–H groups in total. The van der Waals surface area contributed by atoms with Crippen molar-refractivity contribution in [3.63, 3.8) is 0 Å². The van der Waals surface area contributed by atoms with Crippen molar-refractivity contribution in [2.24, 2.45) is 7.05 Å². The van der Waals surface area contributed by atoms with Crippen molar-refractivity contribution in [2.75, 3.05) is 0 Å². The van der Waals surface area contributed by atoms with E-state index in [2.05, 4.69) is 10.4 Å². The van der Waals surface area contributed by atoms with Crippen LogP contribution in [0.3, 0.4) is 0 Å². The van der Waals surface area contributed by atoms with Gasteiger partial charge in [0.2, 0.25) is 0 Å². The maximum absolute atomic E-state index is 11.9. The molecule has 1 atom stereocenters. The molecule has 0 aliphatic carbocycles. The van der Waals surface area contributed by atoms with E-state index in [-0.39, 0.29) is 12.5 Å². The first-order valence-electron chi connectivity index (χ1n) is 5.65. The molecule has 98 valence electrons. The Hall–Kier alpha value is -1.04. The van der Waals surface area contributed by atoms with Crippen molar-refractivity contribution < 1.29 is 13.2 Å². The van der Waals surface area contributed by atoms with Crippen LogP contribution in [0.4, 0.5) is 13.2 Å². The molecule has 3 nitrogen and oxygen atoms in total. The predicted octanol–water partition coefficient (Wildman–Crippen LogP) is 2.63. The van der Waals surface area contributed by atoms with Crippen LogP contribution < -0.4 is 5.32 Å². The maximum atomic E-state index is 11.9. The third-order valence-corrected chi connectivity index (χ3v) is 2.65. The first-order valence-corrected chi connectivity index (χ1v) is 5.65. The molecule has 0 spiro atoms. The van der Waals surface area contributed by atoms with Crippen LogP contribution in [0.15, 0.2) is 12.3 Å². The van der Waals surface area contributed by atoms with Gasteiger partial charge in [-0.2, -0.15) is 18.3 Å². The highest BCUT2D eigenvalue weighted by Crippen LogP contribution is 2.22. The lowest BCUT2D eigenvalue weighted by Gasteiger charge is -2.14. The van der Waals surface area contributed by atoms with Gasteiger partial charge in [0.15, 0.2) is 0 Å². The molecule has 17 heavy (non-hydrogen) atoms. The Morgan fingerprint density at radius 3 is 2.71 bits per heavy atom. The van der Waals surface area contributed by atoms with Crippen LogP contribution in [-0.4, -0.2) is 22.0 Å². The highest BCUT2D eigenvalue weighted by atomic mass is 19.4. The van der Waals surface area contributed by atoms with E-state index < -0.39 is 12.6 Å². The molecule has 0 aromatic carbocycles. The van der Waals surface area contributed by atoms with Crippen LogP contribution in [-0.2, 0) is 13.6 Å². The quantitative estimate of drug-likeness (QED) is 0.840. The molecule has 0 aliphatic rings. The number of nitrogens with zero attached hydrogens (tertiary/aromatic N) is 2. The topological polar surface area (TPSA) is 29.9 Å². The second-order valence-electron chi connectivity index (χ2n) is 4.24. The summed E-state index contributed by atoms with van der Waals surface area (Å²) >= 11 is 0. The number of hydrogen-bond acceptors (Lipinski definition) is 2. The Kier molecular flexibility index (Phi) is 4.99. The molecular formula is C11H18F3N3. The fraction of sp³-hybridized carbons (Fsp3) is 0.727. The van der Waals surface area contributed by atoms with Gasteiger partial charge in [-0.15, -0.1) is 0 Å². The van der Waals surface area contributed by atoms with Crippen LogP contribution in [0, 0.1) is 0 Å². The van der Waals surface area contributed by atoms with Gasteiger partial charge in [-0.1, -0.05) is 0 Å². The van der Waals surface area contributed by atoms with E-state index >= 15 is 0 Å². The number of nitrogens with one attached hydrogen (secondary N) is 1. The molecule has 0 saturated carbocycles. The highest BCUT2D eigenvalue weighted by molar-refractivity contribution is 4.99. The van der Waals surface area contributed by atoms with Crippen LogP contribution in [0.2, 0.25) is 0 Å². The first-order chi connectivity index (χ1) is 7.88. The molecular weight excluding hydrogens is 231 g/mol. The molecule has 1 aromatic heterocycles. The first kappa shape index (κ1) is 14.0. The number of hydrogen-bond donors (Lipinski definition) is 1. The van der Waals surface area contributed by atoms with E-state index in [9.17, 15) is 13.2 Å². The van der Waals surface area contributed by atoms with Crippen molar-refractivity contribution in [3.05, 3.63) is 18.0 Å². The maximum Gasteiger partial charge on any atom is 0.389 e. The summed E-state index contributed by atoms with van der Waals surface area (Å²) in [4.78, 5) is 0. The minimum absolute atomic E-state index is 0.0762. The monoisotopic (exact) mass is 249 g/mol. The lowest BCUT2D eigenvalue weighted by molar-refractivity contribution is -0.135. The van der Waals surface area contributed by atoms with E-state index in [1.54, 1.807) is 10.9 Å². The number of aromatic nitrogens is 2. The molecule has 0 amide bonds. The van der Waals surface area contributed by atoms with E-state index in [4.69, 9.17) is 0 Å². The standard InChI is InChI=1S/C11H18F3N3/c1-9(4-3-6-11(12,13)14)15-8-10-5-7-16-17(10)2/h5,7,9,15H,3-4,6,8H2,1-2H3. The Bertz CT molecular complexity index is 333. The van der Waals surface area contributed by atoms with Gasteiger partial charge < -0.3 is 5.32 Å². The van der Waals surface area contributed by atoms with Crippen molar-refractivity contribution in [1.29, 1.82) is 0 Å². The van der Waals surface area contributed by atoms with Crippen LogP contribution in [0.5, 0.6) is 0 Å². The summed E-state index contributed by atoms with van der Waals surface area (Å²) in [5.41, 5.74) is 1.02. The number of halogens is 3. The van der Waals surface area contributed by atoms with Crippen LogP contribution in [0.25, 0.3) is 0 Å². The molecule has 0 bridgehead atoms. The molecule has 0 aliphatic heterocycles. The summed E-state index contributed by atoms with van der Waals surface area (Å²) in [7, 11) is 1.84. The molecule has 1 rings (SSSR count). The predicted molar refractivity (Wildman–Crippen MR) is 59.4 cm³/mol. The van der Waals surface area contributed by atoms with E-state index in [1.165, 1.54) is 0 Å². The van der Waals surface area contributed by atoms with Crippen molar-refractivity contribution >= 4 is 0 Å². The average Bonchev–Trinajstić information content (AvgIpc) is 2.59. The summed E-state index contributed by atoms with van der Waals surface area (Å²) in [6.45, 7) is 2.52. The van der Waals surface area contributed by atoms with Gasteiger partial charge in [0.25, 0.3) is 0 Å². The van der Waals surface area contributed by atoms with E-state index in [0.717, 1.165) is 5.69 Å². The lowest BCUT2D eigenvalue weighted by Crippen LogP contribution is -2.26. The Morgan fingerprint density at radius 1 is 1.47 bits per heavy atom. The zero-order valence-corrected chi connectivity index (χ0v) is 10.1. The fourth-order valence-electron chi connectivity index (χ4n) is 1.56. The van der Waals surface area contributed by atoms with Gasteiger partial charge in [-0.05, 0) is 25.8 Å². The average molecular weight is 249 g/mol. The Morgan fingerprint density at radius 2 is 2.18 bits per heavy atom. The smallest absolute Gasteiger partial charge is 0.309 e. The Balaban J connectivity index is 2.18.